The maximum atomic E-state index is 13.9. The Kier molecular flexibility index (Phi) is 6.04. The highest BCUT2D eigenvalue weighted by Crippen LogP contribution is 2.29. The molecule has 0 saturated heterocycles. The number of alkyl halides is 1. The predicted molar refractivity (Wildman–Crippen MR) is 53.1 cm³/mol. The molecule has 0 aromatic carbocycles. The van der Waals surface area contributed by atoms with E-state index >= 15 is 0 Å². The van der Waals surface area contributed by atoms with E-state index in [0.717, 1.165) is 19.3 Å². The Bertz CT molecular complexity index is 120. The molecule has 0 aliphatic heterocycles. The smallest absolute Gasteiger partial charge is 0.114 e. The first-order valence-electron chi connectivity index (χ1n) is 4.98. The average Bonchev–Trinajstić information content (AvgIpc) is 2.02. The van der Waals surface area contributed by atoms with Crippen LogP contribution in [0, 0.1) is 0 Å². The third kappa shape index (κ3) is 4.53. The van der Waals surface area contributed by atoms with Gasteiger partial charge in [-0.15, -0.1) is 6.58 Å². The Hall–Kier alpha value is -0.330. The average molecular weight is 172 g/mol. The lowest BCUT2D eigenvalue weighted by Gasteiger charge is -2.23. The normalized spacial score (nSPS) is 15.6. The topological polar surface area (TPSA) is 0 Å². The molecule has 0 radical (unpaired) electrons. The van der Waals surface area contributed by atoms with E-state index in [4.69, 9.17) is 0 Å². The molecule has 1 unspecified atom stereocenters. The van der Waals surface area contributed by atoms with Gasteiger partial charge in [-0.05, 0) is 19.3 Å². The summed E-state index contributed by atoms with van der Waals surface area (Å²) in [6, 6.07) is 0. The third-order valence-electron chi connectivity index (χ3n) is 2.19. The molecule has 0 amide bonds. The van der Waals surface area contributed by atoms with Crippen molar-refractivity contribution in [1.29, 1.82) is 0 Å². The number of unbranched alkanes of at least 4 members (excludes halogenated alkanes) is 1. The molecule has 0 fully saturated rings. The first kappa shape index (κ1) is 11.7. The van der Waals surface area contributed by atoms with Crippen molar-refractivity contribution < 1.29 is 4.39 Å². The molecular formula is C11H21F. The molecule has 0 heterocycles. The van der Waals surface area contributed by atoms with Crippen molar-refractivity contribution in [2.75, 3.05) is 0 Å². The summed E-state index contributed by atoms with van der Waals surface area (Å²) in [4.78, 5) is 0. The second-order valence-electron chi connectivity index (χ2n) is 3.50. The fourth-order valence-electron chi connectivity index (χ4n) is 1.53. The minimum absolute atomic E-state index is 0.515. The quantitative estimate of drug-likeness (QED) is 0.503. The van der Waals surface area contributed by atoms with Gasteiger partial charge in [-0.2, -0.15) is 0 Å². The van der Waals surface area contributed by atoms with Crippen LogP contribution in [-0.2, 0) is 0 Å². The van der Waals surface area contributed by atoms with Crippen LogP contribution < -0.4 is 0 Å². The summed E-state index contributed by atoms with van der Waals surface area (Å²) in [5, 5.41) is 0. The molecular weight excluding hydrogens is 151 g/mol. The van der Waals surface area contributed by atoms with Crippen LogP contribution in [-0.4, -0.2) is 5.67 Å². The number of hydrogen-bond acceptors (Lipinski definition) is 0. The van der Waals surface area contributed by atoms with Gasteiger partial charge in [-0.1, -0.05) is 39.2 Å². The van der Waals surface area contributed by atoms with E-state index in [-0.39, 0.29) is 0 Å². The van der Waals surface area contributed by atoms with Crippen molar-refractivity contribution in [2.45, 2.75) is 58.0 Å². The zero-order valence-corrected chi connectivity index (χ0v) is 8.41. The molecule has 1 heteroatoms. The van der Waals surface area contributed by atoms with Crippen LogP contribution in [0.2, 0.25) is 0 Å². The van der Waals surface area contributed by atoms with Crippen LogP contribution in [0.25, 0.3) is 0 Å². The van der Waals surface area contributed by atoms with E-state index in [2.05, 4.69) is 13.5 Å². The van der Waals surface area contributed by atoms with Gasteiger partial charge in [0.15, 0.2) is 0 Å². The Balaban J connectivity index is 3.88. The second-order valence-corrected chi connectivity index (χ2v) is 3.50. The summed E-state index contributed by atoms with van der Waals surface area (Å²) in [6.45, 7) is 7.72. The Morgan fingerprint density at radius 2 is 1.92 bits per heavy atom. The summed E-state index contributed by atoms with van der Waals surface area (Å²) < 4.78 is 13.9. The van der Waals surface area contributed by atoms with E-state index in [1.807, 2.05) is 6.92 Å². The van der Waals surface area contributed by atoms with Gasteiger partial charge >= 0.3 is 0 Å². The molecule has 72 valence electrons. The van der Waals surface area contributed by atoms with Gasteiger partial charge in [0.05, 0.1) is 0 Å². The van der Waals surface area contributed by atoms with Crippen LogP contribution in [0.15, 0.2) is 12.7 Å². The van der Waals surface area contributed by atoms with Crippen molar-refractivity contribution >= 4 is 0 Å². The molecule has 0 saturated carbocycles. The van der Waals surface area contributed by atoms with Crippen molar-refractivity contribution in [3.8, 4) is 0 Å². The molecule has 0 spiro atoms. The summed E-state index contributed by atoms with van der Waals surface area (Å²) in [5.41, 5.74) is -0.966. The molecule has 0 aromatic rings. The summed E-state index contributed by atoms with van der Waals surface area (Å²) in [5.74, 6) is 0. The number of allylic oxidation sites excluding steroid dienone is 1. The molecule has 0 bridgehead atoms. The van der Waals surface area contributed by atoms with Crippen molar-refractivity contribution in [1.82, 2.24) is 0 Å². The maximum absolute atomic E-state index is 13.9. The lowest BCUT2D eigenvalue weighted by Crippen LogP contribution is -2.21. The maximum Gasteiger partial charge on any atom is 0.114 e. The Labute approximate surface area is 75.9 Å². The van der Waals surface area contributed by atoms with Gasteiger partial charge in [0.1, 0.15) is 5.67 Å². The summed E-state index contributed by atoms with van der Waals surface area (Å²) in [7, 11) is 0. The molecule has 0 rings (SSSR count). The minimum Gasteiger partial charge on any atom is -0.244 e. The summed E-state index contributed by atoms with van der Waals surface area (Å²) >= 11 is 0. The SMILES string of the molecule is C=CCC(F)(CCC)CCCC. The standard InChI is InChI=1S/C11H21F/c1-4-7-10-11(12,8-5-2)9-6-3/h5H,2,4,6-10H2,1,3H3. The van der Waals surface area contributed by atoms with Gasteiger partial charge in [-0.3, -0.25) is 0 Å². The molecule has 0 nitrogen and oxygen atoms in total. The van der Waals surface area contributed by atoms with Crippen LogP contribution in [0.3, 0.4) is 0 Å². The van der Waals surface area contributed by atoms with Crippen LogP contribution in [0.1, 0.15) is 52.4 Å². The van der Waals surface area contributed by atoms with Crippen LogP contribution in [0.4, 0.5) is 4.39 Å². The molecule has 0 aliphatic rings. The van der Waals surface area contributed by atoms with E-state index in [9.17, 15) is 4.39 Å². The van der Waals surface area contributed by atoms with Crippen molar-refractivity contribution in [3.05, 3.63) is 12.7 Å². The highest BCUT2D eigenvalue weighted by molar-refractivity contribution is 4.86. The monoisotopic (exact) mass is 172 g/mol. The fraction of sp³-hybridized carbons (Fsp3) is 0.818. The lowest BCUT2D eigenvalue weighted by molar-refractivity contribution is 0.135. The van der Waals surface area contributed by atoms with Crippen LogP contribution in [0.5, 0.6) is 0 Å². The van der Waals surface area contributed by atoms with Gasteiger partial charge in [-0.25, -0.2) is 4.39 Å². The largest absolute Gasteiger partial charge is 0.244 e. The molecule has 1 atom stereocenters. The van der Waals surface area contributed by atoms with Gasteiger partial charge in [0, 0.05) is 0 Å². The zero-order chi connectivity index (χ0) is 9.45. The molecule has 0 aliphatic carbocycles. The first-order valence-corrected chi connectivity index (χ1v) is 4.98. The fourth-order valence-corrected chi connectivity index (χ4v) is 1.53. The van der Waals surface area contributed by atoms with E-state index in [1.165, 1.54) is 0 Å². The lowest BCUT2D eigenvalue weighted by atomic mass is 9.90. The van der Waals surface area contributed by atoms with Gasteiger partial charge in [0.25, 0.3) is 0 Å². The first-order chi connectivity index (χ1) is 5.68. The van der Waals surface area contributed by atoms with E-state index in [1.54, 1.807) is 6.08 Å². The van der Waals surface area contributed by atoms with E-state index in [0.29, 0.717) is 19.3 Å². The highest BCUT2D eigenvalue weighted by Gasteiger charge is 2.25. The van der Waals surface area contributed by atoms with E-state index < -0.39 is 5.67 Å². The minimum atomic E-state index is -0.966. The molecule has 0 N–H and O–H groups in total. The number of halogens is 1. The molecule has 12 heavy (non-hydrogen) atoms. The van der Waals surface area contributed by atoms with Crippen molar-refractivity contribution in [2.24, 2.45) is 0 Å². The van der Waals surface area contributed by atoms with Gasteiger partial charge < -0.3 is 0 Å². The zero-order valence-electron chi connectivity index (χ0n) is 8.41. The van der Waals surface area contributed by atoms with Gasteiger partial charge in [0.2, 0.25) is 0 Å². The van der Waals surface area contributed by atoms with Crippen molar-refractivity contribution in [3.63, 3.8) is 0 Å². The number of hydrogen-bond donors (Lipinski definition) is 0. The Morgan fingerprint density at radius 1 is 1.25 bits per heavy atom. The molecule has 0 aromatic heterocycles. The second kappa shape index (κ2) is 6.22. The number of rotatable bonds is 7. The Morgan fingerprint density at radius 3 is 2.33 bits per heavy atom. The third-order valence-corrected chi connectivity index (χ3v) is 2.19. The summed E-state index contributed by atoms with van der Waals surface area (Å²) in [6.07, 6.45) is 6.58. The highest BCUT2D eigenvalue weighted by atomic mass is 19.1. The predicted octanol–water partition coefficient (Wildman–Crippen LogP) is 4.26. The van der Waals surface area contributed by atoms with Crippen LogP contribution >= 0.6 is 0 Å².